The lowest BCUT2D eigenvalue weighted by molar-refractivity contribution is 0.239. The molecule has 1 unspecified atom stereocenters. The monoisotopic (exact) mass is 330 g/mol. The molecule has 6 heteroatoms. The zero-order valence-corrected chi connectivity index (χ0v) is 13.9. The number of ether oxygens (including phenoxy) is 2. The number of rotatable bonds is 6. The van der Waals surface area contributed by atoms with E-state index in [9.17, 15) is 4.79 Å². The fourth-order valence-electron chi connectivity index (χ4n) is 2.72. The fraction of sp³-hybridized carbons (Fsp3) is 0.389. The topological polar surface area (TPSA) is 72.7 Å². The Bertz CT molecular complexity index is 697. The van der Waals surface area contributed by atoms with Crippen LogP contribution in [0.25, 0.3) is 0 Å². The van der Waals surface area contributed by atoms with Crippen LogP contribution in [0.5, 0.6) is 11.5 Å². The van der Waals surface area contributed by atoms with Crippen molar-refractivity contribution in [3.05, 3.63) is 47.4 Å². The molecule has 0 saturated carbocycles. The number of hydrogen-bond donors (Lipinski definition) is 2. The molecule has 1 aliphatic rings. The predicted octanol–water partition coefficient (Wildman–Crippen LogP) is 3.00. The SMILES string of the molecule is CCOc1cc2c(cc1CNC(=O)NCc1ccoc1)OC(C)C2. The molecule has 1 atom stereocenters. The molecular formula is C18H22N2O4. The van der Waals surface area contributed by atoms with E-state index in [1.165, 1.54) is 0 Å². The van der Waals surface area contributed by atoms with Crippen LogP contribution in [0.2, 0.25) is 0 Å². The van der Waals surface area contributed by atoms with E-state index >= 15 is 0 Å². The molecule has 24 heavy (non-hydrogen) atoms. The van der Waals surface area contributed by atoms with Crippen molar-refractivity contribution in [1.82, 2.24) is 10.6 Å². The van der Waals surface area contributed by atoms with Crippen molar-refractivity contribution < 1.29 is 18.7 Å². The predicted molar refractivity (Wildman–Crippen MR) is 89.2 cm³/mol. The first-order valence-corrected chi connectivity index (χ1v) is 8.13. The van der Waals surface area contributed by atoms with Crippen molar-refractivity contribution in [2.75, 3.05) is 6.61 Å². The molecule has 3 rings (SSSR count). The van der Waals surface area contributed by atoms with Crippen molar-refractivity contribution in [2.45, 2.75) is 39.5 Å². The van der Waals surface area contributed by atoms with Gasteiger partial charge in [-0.3, -0.25) is 0 Å². The van der Waals surface area contributed by atoms with Gasteiger partial charge in [0.1, 0.15) is 17.6 Å². The number of hydrogen-bond acceptors (Lipinski definition) is 4. The first kappa shape index (κ1) is 16.2. The number of carbonyl (C=O) groups excluding carboxylic acids is 1. The number of amides is 2. The Morgan fingerprint density at radius 3 is 2.92 bits per heavy atom. The lowest BCUT2D eigenvalue weighted by atomic mass is 10.1. The van der Waals surface area contributed by atoms with Gasteiger partial charge in [-0.2, -0.15) is 0 Å². The summed E-state index contributed by atoms with van der Waals surface area (Å²) < 4.78 is 16.5. The molecule has 6 nitrogen and oxygen atoms in total. The largest absolute Gasteiger partial charge is 0.494 e. The molecule has 2 heterocycles. The second kappa shape index (κ2) is 7.29. The second-order valence-corrected chi connectivity index (χ2v) is 5.80. The van der Waals surface area contributed by atoms with Gasteiger partial charge >= 0.3 is 6.03 Å². The summed E-state index contributed by atoms with van der Waals surface area (Å²) in [4.78, 5) is 11.9. The number of nitrogens with one attached hydrogen (secondary N) is 2. The Labute approximate surface area is 141 Å². The van der Waals surface area contributed by atoms with Gasteiger partial charge in [0.15, 0.2) is 0 Å². The molecule has 0 spiro atoms. The summed E-state index contributed by atoms with van der Waals surface area (Å²) in [5, 5.41) is 5.63. The highest BCUT2D eigenvalue weighted by molar-refractivity contribution is 5.74. The third-order valence-electron chi connectivity index (χ3n) is 3.85. The fourth-order valence-corrected chi connectivity index (χ4v) is 2.72. The van der Waals surface area contributed by atoms with Crippen molar-refractivity contribution >= 4 is 6.03 Å². The van der Waals surface area contributed by atoms with Crippen LogP contribution in [0.3, 0.4) is 0 Å². The summed E-state index contributed by atoms with van der Waals surface area (Å²) in [6.45, 7) is 5.36. The third-order valence-corrected chi connectivity index (χ3v) is 3.85. The summed E-state index contributed by atoms with van der Waals surface area (Å²) >= 11 is 0. The zero-order valence-electron chi connectivity index (χ0n) is 13.9. The van der Waals surface area contributed by atoms with Crippen LogP contribution >= 0.6 is 0 Å². The molecule has 2 N–H and O–H groups in total. The normalized spacial score (nSPS) is 15.5. The van der Waals surface area contributed by atoms with Crippen LogP contribution < -0.4 is 20.1 Å². The molecule has 128 valence electrons. The maximum atomic E-state index is 11.9. The molecule has 1 aliphatic heterocycles. The van der Waals surface area contributed by atoms with E-state index in [-0.39, 0.29) is 12.1 Å². The molecule has 2 amide bonds. The summed E-state index contributed by atoms with van der Waals surface area (Å²) in [5.74, 6) is 1.67. The maximum absolute atomic E-state index is 11.9. The molecule has 0 fully saturated rings. The van der Waals surface area contributed by atoms with E-state index in [0.29, 0.717) is 19.7 Å². The highest BCUT2D eigenvalue weighted by Gasteiger charge is 2.22. The van der Waals surface area contributed by atoms with Crippen molar-refractivity contribution in [2.24, 2.45) is 0 Å². The smallest absolute Gasteiger partial charge is 0.315 e. The summed E-state index contributed by atoms with van der Waals surface area (Å²) in [5.41, 5.74) is 2.97. The summed E-state index contributed by atoms with van der Waals surface area (Å²) in [6.07, 6.45) is 4.24. The highest BCUT2D eigenvalue weighted by Crippen LogP contribution is 2.35. The lowest BCUT2D eigenvalue weighted by Gasteiger charge is -2.13. The molecular weight excluding hydrogens is 308 g/mol. The van der Waals surface area contributed by atoms with E-state index in [2.05, 4.69) is 10.6 Å². The van der Waals surface area contributed by atoms with Gasteiger partial charge in [0.2, 0.25) is 0 Å². The number of furan rings is 1. The first-order chi connectivity index (χ1) is 11.7. The second-order valence-electron chi connectivity index (χ2n) is 5.80. The van der Waals surface area contributed by atoms with Gasteiger partial charge in [-0.1, -0.05) is 0 Å². The zero-order chi connectivity index (χ0) is 16.9. The number of carbonyl (C=O) groups is 1. The van der Waals surface area contributed by atoms with Crippen LogP contribution in [-0.4, -0.2) is 18.7 Å². The molecule has 2 aromatic rings. The van der Waals surface area contributed by atoms with Gasteiger partial charge in [-0.25, -0.2) is 4.79 Å². The van der Waals surface area contributed by atoms with Gasteiger partial charge < -0.3 is 24.5 Å². The Balaban J connectivity index is 1.61. The van der Waals surface area contributed by atoms with E-state index in [4.69, 9.17) is 13.9 Å². The van der Waals surface area contributed by atoms with E-state index in [1.54, 1.807) is 12.5 Å². The van der Waals surface area contributed by atoms with Crippen LogP contribution in [-0.2, 0) is 19.5 Å². The van der Waals surface area contributed by atoms with E-state index in [1.807, 2.05) is 32.0 Å². The van der Waals surface area contributed by atoms with Gasteiger partial charge in [-0.05, 0) is 32.0 Å². The minimum Gasteiger partial charge on any atom is -0.494 e. The molecule has 0 bridgehead atoms. The Kier molecular flexibility index (Phi) is 4.93. The van der Waals surface area contributed by atoms with Gasteiger partial charge in [-0.15, -0.1) is 0 Å². The van der Waals surface area contributed by atoms with E-state index < -0.39 is 0 Å². The van der Waals surface area contributed by atoms with Gasteiger partial charge in [0.05, 0.1) is 19.1 Å². The Hall–Kier alpha value is -2.63. The standard InChI is InChI=1S/C18H22N2O4/c1-3-23-16-7-14-6-12(2)24-17(14)8-15(16)10-20-18(21)19-9-13-4-5-22-11-13/h4-5,7-8,11-12H,3,6,9-10H2,1-2H3,(H2,19,20,21). The number of benzene rings is 1. The minimum absolute atomic E-state index is 0.177. The average Bonchev–Trinajstić information content (AvgIpc) is 3.19. The van der Waals surface area contributed by atoms with Crippen LogP contribution in [0.4, 0.5) is 4.79 Å². The van der Waals surface area contributed by atoms with Crippen molar-refractivity contribution in [3.63, 3.8) is 0 Å². The maximum Gasteiger partial charge on any atom is 0.315 e. The van der Waals surface area contributed by atoms with Crippen LogP contribution in [0, 0.1) is 0 Å². The molecule has 0 radical (unpaired) electrons. The molecule has 1 aromatic carbocycles. The molecule has 0 saturated heterocycles. The van der Waals surface area contributed by atoms with Crippen molar-refractivity contribution in [3.8, 4) is 11.5 Å². The first-order valence-electron chi connectivity index (χ1n) is 8.13. The lowest BCUT2D eigenvalue weighted by Crippen LogP contribution is -2.34. The summed E-state index contributed by atoms with van der Waals surface area (Å²) in [7, 11) is 0. The van der Waals surface area contributed by atoms with Gasteiger partial charge in [0, 0.05) is 36.2 Å². The molecule has 0 aliphatic carbocycles. The van der Waals surface area contributed by atoms with Crippen LogP contribution in [0.15, 0.2) is 35.1 Å². The third kappa shape index (κ3) is 3.82. The van der Waals surface area contributed by atoms with Gasteiger partial charge in [0.25, 0.3) is 0 Å². The number of fused-ring (bicyclic) bond motifs is 1. The minimum atomic E-state index is -0.242. The molecule has 1 aromatic heterocycles. The number of urea groups is 1. The quantitative estimate of drug-likeness (QED) is 0.854. The Morgan fingerprint density at radius 2 is 2.17 bits per heavy atom. The summed E-state index contributed by atoms with van der Waals surface area (Å²) in [6, 6.07) is 5.54. The van der Waals surface area contributed by atoms with Crippen LogP contribution in [0.1, 0.15) is 30.5 Å². The Morgan fingerprint density at radius 1 is 1.33 bits per heavy atom. The van der Waals surface area contributed by atoms with Crippen molar-refractivity contribution in [1.29, 1.82) is 0 Å². The average molecular weight is 330 g/mol. The highest BCUT2D eigenvalue weighted by atomic mass is 16.5. The van der Waals surface area contributed by atoms with E-state index in [0.717, 1.165) is 34.6 Å².